The van der Waals surface area contributed by atoms with E-state index in [2.05, 4.69) is 20.1 Å². The van der Waals surface area contributed by atoms with Crippen LogP contribution >= 0.6 is 0 Å². The first-order valence-corrected chi connectivity index (χ1v) is 12.1. The van der Waals surface area contributed by atoms with E-state index >= 15 is 0 Å². The summed E-state index contributed by atoms with van der Waals surface area (Å²) in [7, 11) is 0. The second-order valence-corrected chi connectivity index (χ2v) is 9.50. The number of carbonyl (C=O) groups excluding carboxylic acids is 2. The molecule has 2 aliphatic rings. The maximum atomic E-state index is 11.5. The molecule has 0 amide bonds. The fraction of sp³-hybridized carbons (Fsp3) is 0.769. The van der Waals surface area contributed by atoms with E-state index in [0.717, 1.165) is 37.0 Å². The maximum Gasteiger partial charge on any atom is 0.330 e. The van der Waals surface area contributed by atoms with Crippen LogP contribution in [0.3, 0.4) is 0 Å². The molecule has 2 aliphatic carbocycles. The Morgan fingerprint density at radius 3 is 2.00 bits per heavy atom. The van der Waals surface area contributed by atoms with Gasteiger partial charge in [-0.15, -0.1) is 0 Å². The zero-order valence-corrected chi connectivity index (χ0v) is 19.0. The van der Waals surface area contributed by atoms with E-state index in [9.17, 15) is 9.59 Å². The van der Waals surface area contributed by atoms with Crippen LogP contribution in [0.4, 0.5) is 0 Å². The van der Waals surface area contributed by atoms with E-state index in [1.54, 1.807) is 0 Å². The predicted octanol–water partition coefficient (Wildman–Crippen LogP) is 6.40. The first-order chi connectivity index (χ1) is 14.5. The Balaban J connectivity index is 1.84. The van der Waals surface area contributed by atoms with Gasteiger partial charge in [-0.2, -0.15) is 0 Å². The Bertz CT molecular complexity index is 551. The average molecular weight is 419 g/mol. The molecule has 0 spiro atoms. The molecule has 2 rings (SSSR count). The van der Waals surface area contributed by atoms with Crippen molar-refractivity contribution in [1.82, 2.24) is 0 Å². The van der Waals surface area contributed by atoms with Crippen LogP contribution in [0.2, 0.25) is 0 Å². The predicted molar refractivity (Wildman–Crippen MR) is 121 cm³/mol. The van der Waals surface area contributed by atoms with Gasteiger partial charge in [0.1, 0.15) is 0 Å². The fourth-order valence-electron chi connectivity index (χ4n) is 5.81. The molecule has 0 unspecified atom stereocenters. The third-order valence-electron chi connectivity index (χ3n) is 7.65. The maximum absolute atomic E-state index is 11.5. The molecule has 0 atom stereocenters. The highest BCUT2D eigenvalue weighted by atomic mass is 16.5. The van der Waals surface area contributed by atoms with Gasteiger partial charge in [0.15, 0.2) is 0 Å². The largest absolute Gasteiger partial charge is 0.463 e. The van der Waals surface area contributed by atoms with E-state index < -0.39 is 0 Å². The Labute approximate surface area is 183 Å². The molecule has 0 aromatic heterocycles. The molecule has 0 aromatic rings. The minimum Gasteiger partial charge on any atom is -0.463 e. The number of hydrogen-bond donors (Lipinski definition) is 0. The average Bonchev–Trinajstić information content (AvgIpc) is 2.78. The van der Waals surface area contributed by atoms with Gasteiger partial charge in [-0.05, 0) is 81.0 Å². The van der Waals surface area contributed by atoms with Crippen LogP contribution in [0.25, 0.3) is 0 Å². The molecule has 4 heteroatoms. The molecule has 0 saturated heterocycles. The Kier molecular flexibility index (Phi) is 10.7. The molecule has 0 bridgehead atoms. The summed E-state index contributed by atoms with van der Waals surface area (Å²) in [5, 5.41) is 0. The molecule has 0 heterocycles. The van der Waals surface area contributed by atoms with E-state index in [-0.39, 0.29) is 17.4 Å². The van der Waals surface area contributed by atoms with Crippen molar-refractivity contribution in [2.24, 2.45) is 23.2 Å². The first kappa shape index (κ1) is 24.7. The van der Waals surface area contributed by atoms with Crippen molar-refractivity contribution >= 4 is 11.9 Å². The van der Waals surface area contributed by atoms with Crippen molar-refractivity contribution in [2.45, 2.75) is 90.4 Å². The fourth-order valence-corrected chi connectivity index (χ4v) is 5.81. The molecular formula is C26H42O4. The lowest BCUT2D eigenvalue weighted by Crippen LogP contribution is -2.33. The van der Waals surface area contributed by atoms with Crippen LogP contribution in [0.15, 0.2) is 25.3 Å². The second-order valence-electron chi connectivity index (χ2n) is 9.50. The van der Waals surface area contributed by atoms with Crippen molar-refractivity contribution in [2.75, 3.05) is 13.2 Å². The first-order valence-electron chi connectivity index (χ1n) is 12.1. The lowest BCUT2D eigenvalue weighted by Gasteiger charge is -2.44. The van der Waals surface area contributed by atoms with Crippen LogP contribution in [-0.4, -0.2) is 25.2 Å². The molecule has 0 N–H and O–H groups in total. The van der Waals surface area contributed by atoms with Gasteiger partial charge in [0, 0.05) is 12.2 Å². The summed E-state index contributed by atoms with van der Waals surface area (Å²) in [6.45, 7) is 10.1. The molecule has 2 fully saturated rings. The van der Waals surface area contributed by atoms with Gasteiger partial charge in [0.05, 0.1) is 13.2 Å². The van der Waals surface area contributed by atoms with Crippen LogP contribution in [-0.2, 0) is 19.1 Å². The lowest BCUT2D eigenvalue weighted by molar-refractivity contribution is -0.140. The van der Waals surface area contributed by atoms with Crippen molar-refractivity contribution in [1.29, 1.82) is 0 Å². The van der Waals surface area contributed by atoms with Gasteiger partial charge in [-0.25, -0.2) is 9.59 Å². The monoisotopic (exact) mass is 418 g/mol. The smallest absolute Gasteiger partial charge is 0.330 e. The number of hydrogen-bond acceptors (Lipinski definition) is 4. The van der Waals surface area contributed by atoms with Crippen molar-refractivity contribution in [3.63, 3.8) is 0 Å². The Morgan fingerprint density at radius 2 is 1.43 bits per heavy atom. The number of rotatable bonds is 12. The van der Waals surface area contributed by atoms with Crippen LogP contribution in [0.1, 0.15) is 90.4 Å². The quantitative estimate of drug-likeness (QED) is 0.209. The minimum absolute atomic E-state index is 0.192. The molecule has 4 nitrogen and oxygen atoms in total. The molecule has 30 heavy (non-hydrogen) atoms. The number of carbonyl (C=O) groups is 2. The van der Waals surface area contributed by atoms with Crippen molar-refractivity contribution < 1.29 is 19.1 Å². The summed E-state index contributed by atoms with van der Waals surface area (Å²) in [5.74, 6) is 2.03. The van der Waals surface area contributed by atoms with E-state index in [4.69, 9.17) is 9.47 Å². The normalized spacial score (nSPS) is 29.0. The zero-order chi connectivity index (χ0) is 21.8. The molecule has 0 aromatic carbocycles. The second kappa shape index (κ2) is 13.0. The summed E-state index contributed by atoms with van der Waals surface area (Å²) in [5.41, 5.74) is 0.192. The summed E-state index contributed by atoms with van der Waals surface area (Å²) < 4.78 is 10.5. The molecule has 170 valence electrons. The third-order valence-corrected chi connectivity index (χ3v) is 7.65. The third kappa shape index (κ3) is 7.92. The van der Waals surface area contributed by atoms with E-state index in [1.807, 2.05) is 0 Å². The Hall–Kier alpha value is -1.58. The standard InChI is InChI=1S/C26H42O4/c1-4-8-21-9-11-22(12-10-21)23-13-16-26(17-14-23,18-20-30-25(28)6-3)15-7-19-29-24(27)5-2/h5-6,21-23H,2-4,7-20H2,1H3. The van der Waals surface area contributed by atoms with Crippen LogP contribution < -0.4 is 0 Å². The van der Waals surface area contributed by atoms with Crippen LogP contribution in [0.5, 0.6) is 0 Å². The highest BCUT2D eigenvalue weighted by Crippen LogP contribution is 2.49. The van der Waals surface area contributed by atoms with E-state index in [0.29, 0.717) is 13.2 Å². The van der Waals surface area contributed by atoms with Gasteiger partial charge in [0.25, 0.3) is 0 Å². The van der Waals surface area contributed by atoms with Gasteiger partial charge < -0.3 is 9.47 Å². The number of ether oxygens (including phenoxy) is 2. The Morgan fingerprint density at radius 1 is 0.867 bits per heavy atom. The minimum atomic E-state index is -0.355. The van der Waals surface area contributed by atoms with E-state index in [1.165, 1.54) is 76.4 Å². The lowest BCUT2D eigenvalue weighted by atomic mass is 9.62. The summed E-state index contributed by atoms with van der Waals surface area (Å²) in [6, 6.07) is 0. The molecule has 0 radical (unpaired) electrons. The van der Waals surface area contributed by atoms with Gasteiger partial charge in [-0.3, -0.25) is 0 Å². The van der Waals surface area contributed by atoms with Crippen molar-refractivity contribution in [3.8, 4) is 0 Å². The zero-order valence-electron chi connectivity index (χ0n) is 19.0. The summed E-state index contributed by atoms with van der Waals surface area (Å²) in [4.78, 5) is 22.7. The highest BCUT2D eigenvalue weighted by Gasteiger charge is 2.38. The molecular weight excluding hydrogens is 376 g/mol. The highest BCUT2D eigenvalue weighted by molar-refractivity contribution is 5.81. The SMILES string of the molecule is C=CC(=O)OCCCC1(CCOC(=O)C=C)CCC(C2CCC(CCC)CC2)CC1. The van der Waals surface area contributed by atoms with Crippen LogP contribution in [0, 0.1) is 23.2 Å². The number of esters is 2. The summed E-state index contributed by atoms with van der Waals surface area (Å²) in [6.07, 6.45) is 18.5. The van der Waals surface area contributed by atoms with Gasteiger partial charge >= 0.3 is 11.9 Å². The topological polar surface area (TPSA) is 52.6 Å². The molecule has 0 aliphatic heterocycles. The van der Waals surface area contributed by atoms with Gasteiger partial charge in [-0.1, -0.05) is 45.8 Å². The summed E-state index contributed by atoms with van der Waals surface area (Å²) >= 11 is 0. The van der Waals surface area contributed by atoms with Crippen molar-refractivity contribution in [3.05, 3.63) is 25.3 Å². The van der Waals surface area contributed by atoms with Gasteiger partial charge in [0.2, 0.25) is 0 Å². The molecule has 2 saturated carbocycles.